The molecule has 1 heterocycles. The van der Waals surface area contributed by atoms with E-state index in [9.17, 15) is 0 Å². The molecule has 2 nitrogen and oxygen atoms in total. The third-order valence-electron chi connectivity index (χ3n) is 4.39. The lowest BCUT2D eigenvalue weighted by molar-refractivity contribution is 0.226. The summed E-state index contributed by atoms with van der Waals surface area (Å²) in [7, 11) is 2.23. The Balaban J connectivity index is 1.75. The van der Waals surface area contributed by atoms with Gasteiger partial charge >= 0.3 is 0 Å². The summed E-state index contributed by atoms with van der Waals surface area (Å²) in [6.45, 7) is 3.45. The average Bonchev–Trinajstić information content (AvgIpc) is 2.98. The van der Waals surface area contributed by atoms with E-state index in [0.29, 0.717) is 6.04 Å². The van der Waals surface area contributed by atoms with Crippen LogP contribution in [0.5, 0.6) is 0 Å². The lowest BCUT2D eigenvalue weighted by Gasteiger charge is -2.30. The molecule has 0 aromatic carbocycles. The molecule has 2 N–H and O–H groups in total. The van der Waals surface area contributed by atoms with E-state index >= 15 is 0 Å². The van der Waals surface area contributed by atoms with Crippen molar-refractivity contribution in [3.8, 4) is 0 Å². The molecular formula is C15H26N2S. The predicted octanol–water partition coefficient (Wildman–Crippen LogP) is 3.27. The van der Waals surface area contributed by atoms with Gasteiger partial charge in [-0.05, 0) is 57.6 Å². The summed E-state index contributed by atoms with van der Waals surface area (Å²) in [5, 5.41) is 2.16. The summed E-state index contributed by atoms with van der Waals surface area (Å²) < 4.78 is 0. The molecule has 3 heteroatoms. The number of likely N-dealkylation sites (N-methyl/N-ethyl adjacent to an activating group) is 1. The van der Waals surface area contributed by atoms with Crippen molar-refractivity contribution in [1.82, 2.24) is 4.90 Å². The van der Waals surface area contributed by atoms with Gasteiger partial charge in [0.15, 0.2) is 0 Å². The number of rotatable bonds is 6. The van der Waals surface area contributed by atoms with Crippen LogP contribution in [0.1, 0.15) is 43.9 Å². The Morgan fingerprint density at radius 3 is 2.78 bits per heavy atom. The zero-order valence-electron chi connectivity index (χ0n) is 11.7. The standard InChI is InChI=1S/C15H26N2S/c1-13(12-14-6-5-11-18-14)17(2)10-9-15(16)7-3-4-8-15/h5-6,11,13H,3-4,7-10,12,16H2,1-2H3. The van der Waals surface area contributed by atoms with Crippen LogP contribution in [-0.2, 0) is 6.42 Å². The van der Waals surface area contributed by atoms with Crippen LogP contribution in [-0.4, -0.2) is 30.1 Å². The Labute approximate surface area is 115 Å². The first-order chi connectivity index (χ1) is 8.59. The minimum atomic E-state index is 0.136. The lowest BCUT2D eigenvalue weighted by Crippen LogP contribution is -2.41. The van der Waals surface area contributed by atoms with Crippen LogP contribution in [0.15, 0.2) is 17.5 Å². The zero-order valence-corrected chi connectivity index (χ0v) is 12.5. The normalized spacial score (nSPS) is 20.4. The van der Waals surface area contributed by atoms with Crippen LogP contribution in [0.25, 0.3) is 0 Å². The van der Waals surface area contributed by atoms with Gasteiger partial charge in [0.25, 0.3) is 0 Å². The molecule has 1 aliphatic rings. The molecule has 1 saturated carbocycles. The monoisotopic (exact) mass is 266 g/mol. The highest BCUT2D eigenvalue weighted by atomic mass is 32.1. The number of hydrogen-bond acceptors (Lipinski definition) is 3. The Morgan fingerprint density at radius 2 is 2.17 bits per heavy atom. The quantitative estimate of drug-likeness (QED) is 0.856. The van der Waals surface area contributed by atoms with E-state index < -0.39 is 0 Å². The van der Waals surface area contributed by atoms with Crippen LogP contribution < -0.4 is 5.73 Å². The molecular weight excluding hydrogens is 240 g/mol. The molecule has 1 fully saturated rings. The van der Waals surface area contributed by atoms with Crippen molar-refractivity contribution < 1.29 is 0 Å². The molecule has 102 valence electrons. The third-order valence-corrected chi connectivity index (χ3v) is 5.29. The molecule has 0 amide bonds. The maximum absolute atomic E-state index is 6.42. The number of thiophene rings is 1. The topological polar surface area (TPSA) is 29.3 Å². The van der Waals surface area contributed by atoms with Gasteiger partial charge in [-0.2, -0.15) is 0 Å². The van der Waals surface area contributed by atoms with E-state index in [1.807, 2.05) is 11.3 Å². The Kier molecular flexibility index (Phi) is 4.82. The summed E-state index contributed by atoms with van der Waals surface area (Å²) in [6.07, 6.45) is 7.40. The summed E-state index contributed by atoms with van der Waals surface area (Å²) >= 11 is 1.86. The predicted molar refractivity (Wildman–Crippen MR) is 80.1 cm³/mol. The minimum absolute atomic E-state index is 0.136. The van der Waals surface area contributed by atoms with E-state index in [0.717, 1.165) is 19.4 Å². The smallest absolute Gasteiger partial charge is 0.0166 e. The van der Waals surface area contributed by atoms with Crippen molar-refractivity contribution >= 4 is 11.3 Å². The summed E-state index contributed by atoms with van der Waals surface area (Å²) in [6, 6.07) is 4.98. The van der Waals surface area contributed by atoms with Crippen LogP contribution in [0.3, 0.4) is 0 Å². The molecule has 2 rings (SSSR count). The van der Waals surface area contributed by atoms with Crippen molar-refractivity contribution in [1.29, 1.82) is 0 Å². The molecule has 1 aliphatic carbocycles. The fraction of sp³-hybridized carbons (Fsp3) is 0.733. The number of nitrogens with two attached hydrogens (primary N) is 1. The fourth-order valence-corrected chi connectivity index (χ4v) is 3.65. The first-order valence-electron chi connectivity index (χ1n) is 7.11. The van der Waals surface area contributed by atoms with Crippen LogP contribution >= 0.6 is 11.3 Å². The Hall–Kier alpha value is -0.380. The summed E-state index contributed by atoms with van der Waals surface area (Å²) in [5.74, 6) is 0. The van der Waals surface area contributed by atoms with Gasteiger partial charge in [-0.15, -0.1) is 11.3 Å². The van der Waals surface area contributed by atoms with Gasteiger partial charge in [-0.25, -0.2) is 0 Å². The van der Waals surface area contributed by atoms with Crippen LogP contribution in [0, 0.1) is 0 Å². The molecule has 0 saturated heterocycles. The first kappa shape index (κ1) is 14.0. The van der Waals surface area contributed by atoms with E-state index in [-0.39, 0.29) is 5.54 Å². The van der Waals surface area contributed by atoms with Crippen molar-refractivity contribution in [2.45, 2.75) is 57.0 Å². The molecule has 1 aromatic heterocycles. The van der Waals surface area contributed by atoms with Gasteiger partial charge in [0.05, 0.1) is 0 Å². The van der Waals surface area contributed by atoms with Crippen molar-refractivity contribution in [3.05, 3.63) is 22.4 Å². The zero-order chi connectivity index (χ0) is 13.0. The molecule has 1 atom stereocenters. The van der Waals surface area contributed by atoms with Crippen LogP contribution in [0.4, 0.5) is 0 Å². The fourth-order valence-electron chi connectivity index (χ4n) is 2.82. The van der Waals surface area contributed by atoms with Crippen molar-refractivity contribution in [2.75, 3.05) is 13.6 Å². The second kappa shape index (κ2) is 6.18. The van der Waals surface area contributed by atoms with E-state index in [4.69, 9.17) is 5.73 Å². The van der Waals surface area contributed by atoms with E-state index in [1.54, 1.807) is 0 Å². The SMILES string of the molecule is CC(Cc1cccs1)N(C)CCC1(N)CCCC1. The molecule has 1 aromatic rings. The van der Waals surface area contributed by atoms with Gasteiger partial charge in [-0.1, -0.05) is 18.9 Å². The van der Waals surface area contributed by atoms with Gasteiger partial charge < -0.3 is 10.6 Å². The van der Waals surface area contributed by atoms with Gasteiger partial charge in [0, 0.05) is 16.5 Å². The maximum atomic E-state index is 6.42. The Bertz CT molecular complexity index is 341. The van der Waals surface area contributed by atoms with Crippen LogP contribution in [0.2, 0.25) is 0 Å². The van der Waals surface area contributed by atoms with E-state index in [2.05, 4.69) is 36.4 Å². The highest BCUT2D eigenvalue weighted by Crippen LogP contribution is 2.30. The van der Waals surface area contributed by atoms with Crippen molar-refractivity contribution in [3.63, 3.8) is 0 Å². The molecule has 0 spiro atoms. The molecule has 0 aliphatic heterocycles. The molecule has 0 radical (unpaired) electrons. The maximum Gasteiger partial charge on any atom is 0.0166 e. The molecule has 18 heavy (non-hydrogen) atoms. The highest BCUT2D eigenvalue weighted by molar-refractivity contribution is 7.09. The number of nitrogens with zero attached hydrogens (tertiary/aromatic N) is 1. The van der Waals surface area contributed by atoms with Gasteiger partial charge in [-0.3, -0.25) is 0 Å². The summed E-state index contributed by atoms with van der Waals surface area (Å²) in [4.78, 5) is 3.95. The minimum Gasteiger partial charge on any atom is -0.325 e. The third kappa shape index (κ3) is 3.81. The van der Waals surface area contributed by atoms with Gasteiger partial charge in [0.1, 0.15) is 0 Å². The largest absolute Gasteiger partial charge is 0.325 e. The van der Waals surface area contributed by atoms with Gasteiger partial charge in [0.2, 0.25) is 0 Å². The lowest BCUT2D eigenvalue weighted by atomic mass is 9.94. The van der Waals surface area contributed by atoms with Crippen molar-refractivity contribution in [2.24, 2.45) is 5.73 Å². The number of hydrogen-bond donors (Lipinski definition) is 1. The second-order valence-corrected chi connectivity index (χ2v) is 6.96. The molecule has 0 bridgehead atoms. The molecule has 1 unspecified atom stereocenters. The average molecular weight is 266 g/mol. The highest BCUT2D eigenvalue weighted by Gasteiger charge is 2.29. The van der Waals surface area contributed by atoms with E-state index in [1.165, 1.54) is 30.6 Å². The Morgan fingerprint density at radius 1 is 1.44 bits per heavy atom. The first-order valence-corrected chi connectivity index (χ1v) is 7.98. The summed E-state index contributed by atoms with van der Waals surface area (Å²) in [5.41, 5.74) is 6.55. The second-order valence-electron chi connectivity index (χ2n) is 5.93.